The molecule has 12 nitrogen and oxygen atoms in total. The zero-order valence-corrected chi connectivity index (χ0v) is 28.1. The minimum Gasteiger partial charge on any atom is -0.488 e. The number of aliphatic imine (C=N–C) groups is 1. The van der Waals surface area contributed by atoms with Crippen LogP contribution < -0.4 is 26.8 Å². The quantitative estimate of drug-likeness (QED) is 0.128. The standard InChI is InChI=1S/C35H48N6O6/c1-34(2,3)46-24-16-14-22(15-17-24)19-26(36)31(43)40-28(13-9-10-18-38-33(45)47-35(4,5)6)32(44)41-29(30(37)42)20-23-21-39-27-12-8-7-11-25(23)27/h7-8,11-12,14-17,21,26,28,39H,9-10,13,18-20,36H2,1-6H3,(H2,37,42)(H,38,45)(H,40,43)/t26-,28-/m0/s1. The van der Waals surface area contributed by atoms with Crippen molar-refractivity contribution >= 4 is 40.4 Å². The normalized spacial score (nSPS) is 13.5. The molecule has 3 aromatic rings. The molecule has 0 aliphatic rings. The summed E-state index contributed by atoms with van der Waals surface area (Å²) in [5, 5.41) is 6.28. The van der Waals surface area contributed by atoms with Crippen molar-refractivity contribution in [1.82, 2.24) is 15.6 Å². The molecule has 1 heterocycles. The molecule has 2 aromatic carbocycles. The molecule has 0 spiro atoms. The van der Waals surface area contributed by atoms with Crippen molar-refractivity contribution in [2.75, 3.05) is 6.54 Å². The van der Waals surface area contributed by atoms with Crippen LogP contribution in [0.4, 0.5) is 4.79 Å². The molecule has 0 saturated carbocycles. The average Bonchev–Trinajstić information content (AvgIpc) is 3.37. The number of fused-ring (bicyclic) bond motifs is 1. The van der Waals surface area contributed by atoms with Gasteiger partial charge in [0.05, 0.1) is 6.04 Å². The van der Waals surface area contributed by atoms with Gasteiger partial charge in [-0.2, -0.15) is 0 Å². The molecule has 7 N–H and O–H groups in total. The monoisotopic (exact) mass is 648 g/mol. The van der Waals surface area contributed by atoms with Gasteiger partial charge in [-0.25, -0.2) is 9.79 Å². The highest BCUT2D eigenvalue weighted by Gasteiger charge is 2.25. The molecule has 2 atom stereocenters. The molecule has 254 valence electrons. The summed E-state index contributed by atoms with van der Waals surface area (Å²) in [6, 6.07) is 12.8. The number of aromatic amines is 1. The zero-order chi connectivity index (χ0) is 34.8. The van der Waals surface area contributed by atoms with Gasteiger partial charge in [0.25, 0.3) is 11.8 Å². The Hall–Kier alpha value is -4.71. The van der Waals surface area contributed by atoms with Crippen molar-refractivity contribution in [2.45, 2.75) is 96.9 Å². The van der Waals surface area contributed by atoms with E-state index in [-0.39, 0.29) is 30.6 Å². The number of nitrogens with zero attached hydrogens (tertiary/aromatic N) is 1. The molecule has 0 bridgehead atoms. The number of primary amides is 1. The highest BCUT2D eigenvalue weighted by atomic mass is 16.6. The molecule has 4 amide bonds. The van der Waals surface area contributed by atoms with E-state index in [0.717, 1.165) is 22.0 Å². The van der Waals surface area contributed by atoms with Crippen molar-refractivity contribution in [3.8, 4) is 5.75 Å². The van der Waals surface area contributed by atoms with Crippen molar-refractivity contribution in [2.24, 2.45) is 16.5 Å². The van der Waals surface area contributed by atoms with Gasteiger partial charge >= 0.3 is 6.09 Å². The van der Waals surface area contributed by atoms with Gasteiger partial charge in [-0.15, -0.1) is 0 Å². The third-order valence-electron chi connectivity index (χ3n) is 6.90. The number of unbranched alkanes of at least 4 members (excludes halogenated alkanes) is 1. The number of nitrogens with one attached hydrogen (secondary N) is 3. The molecule has 0 aliphatic carbocycles. The molecule has 47 heavy (non-hydrogen) atoms. The first kappa shape index (κ1) is 36.8. The Morgan fingerprint density at radius 3 is 2.26 bits per heavy atom. The third kappa shape index (κ3) is 12.5. The minimum atomic E-state index is -1.07. The summed E-state index contributed by atoms with van der Waals surface area (Å²) >= 11 is 0. The lowest BCUT2D eigenvalue weighted by Gasteiger charge is -2.22. The number of para-hydroxylation sites is 1. The Balaban J connectivity index is 1.71. The van der Waals surface area contributed by atoms with Crippen LogP contribution in [-0.2, 0) is 32.0 Å². The van der Waals surface area contributed by atoms with Crippen molar-refractivity contribution in [3.63, 3.8) is 0 Å². The largest absolute Gasteiger partial charge is 0.488 e. The summed E-state index contributed by atoms with van der Waals surface area (Å²) < 4.78 is 11.1. The number of H-pyrrole nitrogens is 1. The van der Waals surface area contributed by atoms with Gasteiger partial charge in [0.15, 0.2) is 0 Å². The van der Waals surface area contributed by atoms with Crippen LogP contribution in [0, 0.1) is 0 Å². The van der Waals surface area contributed by atoms with E-state index in [1.54, 1.807) is 27.0 Å². The maximum Gasteiger partial charge on any atom is 0.407 e. The van der Waals surface area contributed by atoms with E-state index < -0.39 is 41.5 Å². The second kappa shape index (κ2) is 16.2. The van der Waals surface area contributed by atoms with Crippen LogP contribution in [0.3, 0.4) is 0 Å². The molecule has 0 saturated heterocycles. The number of nitrogens with two attached hydrogens (primary N) is 2. The number of carbonyl (C=O) groups excluding carboxylic acids is 4. The number of hydrogen-bond donors (Lipinski definition) is 5. The van der Waals surface area contributed by atoms with Gasteiger partial charge in [0, 0.05) is 30.1 Å². The topological polar surface area (TPSA) is 191 Å². The van der Waals surface area contributed by atoms with Crippen LogP contribution in [0.15, 0.2) is 59.7 Å². The molecule has 0 unspecified atom stereocenters. The maximum atomic E-state index is 13.5. The fourth-order valence-corrected chi connectivity index (χ4v) is 4.76. The molecule has 0 fully saturated rings. The number of benzene rings is 2. The molecule has 1 aromatic heterocycles. The lowest BCUT2D eigenvalue weighted by Crippen LogP contribution is -2.49. The molecular formula is C35H48N6O6. The third-order valence-corrected chi connectivity index (χ3v) is 6.90. The fraction of sp³-hybridized carbons (Fsp3) is 0.457. The summed E-state index contributed by atoms with van der Waals surface area (Å²) in [4.78, 5) is 58.3. The number of carbonyl (C=O) groups is 4. The van der Waals surface area contributed by atoms with Crippen LogP contribution in [0.2, 0.25) is 0 Å². The van der Waals surface area contributed by atoms with E-state index in [9.17, 15) is 19.2 Å². The highest BCUT2D eigenvalue weighted by molar-refractivity contribution is 6.40. The second-order valence-corrected chi connectivity index (χ2v) is 13.5. The van der Waals surface area contributed by atoms with Crippen LogP contribution in [0.25, 0.3) is 10.9 Å². The molecule has 3 rings (SSSR count). The minimum absolute atomic E-state index is 0.0278. The first-order valence-corrected chi connectivity index (χ1v) is 15.8. The number of aromatic nitrogens is 1. The van der Waals surface area contributed by atoms with E-state index >= 15 is 0 Å². The van der Waals surface area contributed by atoms with Crippen LogP contribution >= 0.6 is 0 Å². The predicted molar refractivity (Wildman–Crippen MR) is 182 cm³/mol. The van der Waals surface area contributed by atoms with E-state index in [0.29, 0.717) is 25.1 Å². The van der Waals surface area contributed by atoms with Gasteiger partial charge in [-0.1, -0.05) is 30.3 Å². The highest BCUT2D eigenvalue weighted by Crippen LogP contribution is 2.20. The van der Waals surface area contributed by atoms with Gasteiger partial charge in [-0.05, 0) is 96.6 Å². The van der Waals surface area contributed by atoms with Gasteiger partial charge in [-0.3, -0.25) is 14.4 Å². The van der Waals surface area contributed by atoms with Gasteiger partial charge in [0.2, 0.25) is 5.91 Å². The van der Waals surface area contributed by atoms with Crippen LogP contribution in [-0.4, -0.2) is 64.3 Å². The first-order valence-electron chi connectivity index (χ1n) is 15.8. The van der Waals surface area contributed by atoms with Crippen molar-refractivity contribution in [3.05, 3.63) is 65.9 Å². The fourth-order valence-electron chi connectivity index (χ4n) is 4.76. The second-order valence-electron chi connectivity index (χ2n) is 13.5. The number of ether oxygens (including phenoxy) is 2. The summed E-state index contributed by atoms with van der Waals surface area (Å²) in [5.41, 5.74) is 13.2. The summed E-state index contributed by atoms with van der Waals surface area (Å²) in [7, 11) is 0. The molecular weight excluding hydrogens is 600 g/mol. The zero-order valence-electron chi connectivity index (χ0n) is 28.1. The van der Waals surface area contributed by atoms with Crippen molar-refractivity contribution < 1.29 is 28.7 Å². The first-order chi connectivity index (χ1) is 22.0. The molecule has 0 radical (unpaired) electrons. The average molecular weight is 649 g/mol. The van der Waals surface area contributed by atoms with E-state index in [1.807, 2.05) is 69.3 Å². The maximum absolute atomic E-state index is 13.5. The lowest BCUT2D eigenvalue weighted by atomic mass is 10.0. The number of hydrogen-bond acceptors (Lipinski definition) is 7. The number of rotatable bonds is 14. The SMILES string of the molecule is CC(C)(C)OC(=O)NCCCC[C@H](NC(=O)[C@@H](N)Cc1ccc(OC(C)(C)C)cc1)C(=O)N=C(Cc1c[nH]c2ccccc12)C(N)=O. The molecule has 12 heteroatoms. The molecule has 0 aliphatic heterocycles. The summed E-state index contributed by atoms with van der Waals surface area (Å²) in [5.74, 6) is -1.41. The Labute approximate surface area is 276 Å². The smallest absolute Gasteiger partial charge is 0.407 e. The number of alkyl carbamates (subject to hydrolysis) is 1. The Morgan fingerprint density at radius 1 is 0.936 bits per heavy atom. The summed E-state index contributed by atoms with van der Waals surface area (Å²) in [6.07, 6.45) is 2.57. The van der Waals surface area contributed by atoms with E-state index in [4.69, 9.17) is 20.9 Å². The Kier molecular flexibility index (Phi) is 12.7. The Bertz CT molecular complexity index is 1570. The van der Waals surface area contributed by atoms with Gasteiger partial charge in [0.1, 0.15) is 28.7 Å². The number of amides is 4. The predicted octanol–water partition coefficient (Wildman–Crippen LogP) is 4.09. The lowest BCUT2D eigenvalue weighted by molar-refractivity contribution is -0.128. The van der Waals surface area contributed by atoms with Crippen LogP contribution in [0.5, 0.6) is 5.75 Å². The van der Waals surface area contributed by atoms with Gasteiger partial charge < -0.3 is 36.6 Å². The van der Waals surface area contributed by atoms with E-state index in [2.05, 4.69) is 20.6 Å². The van der Waals surface area contributed by atoms with Crippen LogP contribution in [0.1, 0.15) is 71.9 Å². The van der Waals surface area contributed by atoms with E-state index in [1.165, 1.54) is 0 Å². The Morgan fingerprint density at radius 2 is 1.62 bits per heavy atom. The summed E-state index contributed by atoms with van der Waals surface area (Å²) in [6.45, 7) is 11.5. The van der Waals surface area contributed by atoms with Crippen molar-refractivity contribution in [1.29, 1.82) is 0 Å².